The minimum Gasteiger partial charge on any atom is -0.356 e. The summed E-state index contributed by atoms with van der Waals surface area (Å²) in [6.45, 7) is 4.78. The van der Waals surface area contributed by atoms with Crippen LogP contribution in [0.4, 0.5) is 0 Å². The first-order chi connectivity index (χ1) is 10.5. The molecule has 0 saturated heterocycles. The monoisotopic (exact) mass is 302 g/mol. The molecule has 1 aliphatic carbocycles. The molecule has 2 N–H and O–H groups in total. The van der Waals surface area contributed by atoms with Crippen LogP contribution in [0.5, 0.6) is 0 Å². The predicted octanol–water partition coefficient (Wildman–Crippen LogP) is 2.45. The van der Waals surface area contributed by atoms with Crippen LogP contribution in [0.2, 0.25) is 0 Å². The molecule has 1 aromatic carbocycles. The van der Waals surface area contributed by atoms with Crippen molar-refractivity contribution in [3.05, 3.63) is 35.4 Å². The van der Waals surface area contributed by atoms with Crippen molar-refractivity contribution in [2.24, 2.45) is 0 Å². The van der Waals surface area contributed by atoms with E-state index >= 15 is 0 Å². The van der Waals surface area contributed by atoms with Crippen molar-refractivity contribution in [3.8, 4) is 0 Å². The molecular formula is C18H26N2O2. The van der Waals surface area contributed by atoms with Gasteiger partial charge < -0.3 is 10.6 Å². The van der Waals surface area contributed by atoms with Crippen LogP contribution in [0.15, 0.2) is 24.3 Å². The fraction of sp³-hybridized carbons (Fsp3) is 0.556. The Labute approximate surface area is 132 Å². The number of amides is 2. The number of hydrogen-bond acceptors (Lipinski definition) is 2. The first-order valence-corrected chi connectivity index (χ1v) is 8.14. The molecule has 0 spiro atoms. The molecule has 0 aliphatic heterocycles. The molecular weight excluding hydrogens is 276 g/mol. The van der Waals surface area contributed by atoms with Crippen molar-refractivity contribution in [2.45, 2.75) is 51.4 Å². The molecule has 0 bridgehead atoms. The van der Waals surface area contributed by atoms with Gasteiger partial charge in [0.15, 0.2) is 0 Å². The molecule has 4 nitrogen and oxygen atoms in total. The van der Waals surface area contributed by atoms with Crippen molar-refractivity contribution >= 4 is 11.8 Å². The smallest absolute Gasteiger partial charge is 0.230 e. The Hall–Kier alpha value is -1.84. The maximum Gasteiger partial charge on any atom is 0.230 e. The Morgan fingerprint density at radius 2 is 1.82 bits per heavy atom. The summed E-state index contributed by atoms with van der Waals surface area (Å²) >= 11 is 0. The van der Waals surface area contributed by atoms with Crippen molar-refractivity contribution in [1.82, 2.24) is 10.6 Å². The van der Waals surface area contributed by atoms with E-state index in [1.807, 2.05) is 6.07 Å². The molecule has 1 aliphatic rings. The van der Waals surface area contributed by atoms with Gasteiger partial charge in [0.25, 0.3) is 0 Å². The zero-order valence-electron chi connectivity index (χ0n) is 13.6. The second-order valence-corrected chi connectivity index (χ2v) is 6.25. The highest BCUT2D eigenvalue weighted by atomic mass is 16.2. The number of aryl methyl sites for hydroxylation is 1. The summed E-state index contributed by atoms with van der Waals surface area (Å²) in [6, 6.07) is 8.32. The third-order valence-electron chi connectivity index (χ3n) is 4.48. The van der Waals surface area contributed by atoms with E-state index < -0.39 is 0 Å². The SMILES string of the molecule is CC(=O)NCCCNC(=O)C1(c2cccc(C)c2)CCCC1. The summed E-state index contributed by atoms with van der Waals surface area (Å²) in [4.78, 5) is 23.6. The highest BCUT2D eigenvalue weighted by molar-refractivity contribution is 5.88. The van der Waals surface area contributed by atoms with Crippen molar-refractivity contribution in [1.29, 1.82) is 0 Å². The van der Waals surface area contributed by atoms with Gasteiger partial charge in [0.2, 0.25) is 11.8 Å². The molecule has 22 heavy (non-hydrogen) atoms. The van der Waals surface area contributed by atoms with Crippen molar-refractivity contribution < 1.29 is 9.59 Å². The molecule has 4 heteroatoms. The van der Waals surface area contributed by atoms with Gasteiger partial charge in [0.05, 0.1) is 5.41 Å². The normalized spacial score (nSPS) is 16.3. The third-order valence-corrected chi connectivity index (χ3v) is 4.48. The van der Waals surface area contributed by atoms with E-state index in [0.717, 1.165) is 37.7 Å². The van der Waals surface area contributed by atoms with E-state index in [1.54, 1.807) is 0 Å². The molecule has 2 amide bonds. The summed E-state index contributed by atoms with van der Waals surface area (Å²) < 4.78 is 0. The fourth-order valence-electron chi connectivity index (χ4n) is 3.29. The number of nitrogens with one attached hydrogen (secondary N) is 2. The van der Waals surface area contributed by atoms with Crippen LogP contribution in [-0.2, 0) is 15.0 Å². The van der Waals surface area contributed by atoms with Crippen LogP contribution in [0, 0.1) is 6.92 Å². The zero-order valence-corrected chi connectivity index (χ0v) is 13.6. The van der Waals surface area contributed by atoms with Crippen LogP contribution in [-0.4, -0.2) is 24.9 Å². The number of carbonyl (C=O) groups excluding carboxylic acids is 2. The van der Waals surface area contributed by atoms with E-state index in [9.17, 15) is 9.59 Å². The molecule has 0 unspecified atom stereocenters. The lowest BCUT2D eigenvalue weighted by Gasteiger charge is -2.28. The van der Waals surface area contributed by atoms with E-state index in [-0.39, 0.29) is 17.2 Å². The van der Waals surface area contributed by atoms with E-state index in [4.69, 9.17) is 0 Å². The van der Waals surface area contributed by atoms with Crippen LogP contribution in [0.1, 0.15) is 50.2 Å². The molecule has 0 heterocycles. The van der Waals surface area contributed by atoms with Gasteiger partial charge >= 0.3 is 0 Å². The largest absolute Gasteiger partial charge is 0.356 e. The molecule has 1 saturated carbocycles. The maximum atomic E-state index is 12.8. The molecule has 0 atom stereocenters. The number of carbonyl (C=O) groups is 2. The average molecular weight is 302 g/mol. The number of rotatable bonds is 6. The molecule has 0 aromatic heterocycles. The Balaban J connectivity index is 1.98. The van der Waals surface area contributed by atoms with E-state index in [1.165, 1.54) is 12.5 Å². The number of hydrogen-bond donors (Lipinski definition) is 2. The van der Waals surface area contributed by atoms with Gasteiger partial charge in [-0.15, -0.1) is 0 Å². The topological polar surface area (TPSA) is 58.2 Å². The Kier molecular flexibility index (Phi) is 5.58. The van der Waals surface area contributed by atoms with Crippen LogP contribution in [0.3, 0.4) is 0 Å². The summed E-state index contributed by atoms with van der Waals surface area (Å²) in [5, 5.41) is 5.81. The van der Waals surface area contributed by atoms with Crippen LogP contribution < -0.4 is 10.6 Å². The van der Waals surface area contributed by atoms with Gasteiger partial charge in [-0.05, 0) is 31.7 Å². The highest BCUT2D eigenvalue weighted by Crippen LogP contribution is 2.41. The molecule has 0 radical (unpaired) electrons. The van der Waals surface area contributed by atoms with Gasteiger partial charge in [0, 0.05) is 20.0 Å². The Bertz CT molecular complexity index is 534. The van der Waals surface area contributed by atoms with E-state index in [0.29, 0.717) is 13.1 Å². The standard InChI is InChI=1S/C18H26N2O2/c1-14-7-5-8-16(13-14)18(9-3-4-10-18)17(22)20-12-6-11-19-15(2)21/h5,7-8,13H,3-4,6,9-12H2,1-2H3,(H,19,21)(H,20,22). The summed E-state index contributed by atoms with van der Waals surface area (Å²) in [5.74, 6) is 0.108. The molecule has 1 aromatic rings. The van der Waals surface area contributed by atoms with Gasteiger partial charge in [0.1, 0.15) is 0 Å². The lowest BCUT2D eigenvalue weighted by Crippen LogP contribution is -2.43. The van der Waals surface area contributed by atoms with Crippen molar-refractivity contribution in [3.63, 3.8) is 0 Å². The van der Waals surface area contributed by atoms with E-state index in [2.05, 4.69) is 35.8 Å². The predicted molar refractivity (Wildman–Crippen MR) is 87.6 cm³/mol. The lowest BCUT2D eigenvalue weighted by atomic mass is 9.77. The average Bonchev–Trinajstić information content (AvgIpc) is 2.97. The van der Waals surface area contributed by atoms with Gasteiger partial charge in [-0.25, -0.2) is 0 Å². The quantitative estimate of drug-likeness (QED) is 0.793. The second-order valence-electron chi connectivity index (χ2n) is 6.25. The molecule has 1 fully saturated rings. The number of benzene rings is 1. The molecule has 2 rings (SSSR count). The Morgan fingerprint density at radius 1 is 1.14 bits per heavy atom. The van der Waals surface area contributed by atoms with Crippen molar-refractivity contribution in [2.75, 3.05) is 13.1 Å². The van der Waals surface area contributed by atoms with Crippen LogP contribution >= 0.6 is 0 Å². The summed E-state index contributed by atoms with van der Waals surface area (Å²) in [7, 11) is 0. The minimum absolute atomic E-state index is 0.0293. The minimum atomic E-state index is -0.361. The second kappa shape index (κ2) is 7.43. The van der Waals surface area contributed by atoms with Gasteiger partial charge in [-0.1, -0.05) is 42.7 Å². The molecule has 120 valence electrons. The van der Waals surface area contributed by atoms with Crippen LogP contribution in [0.25, 0.3) is 0 Å². The first-order valence-electron chi connectivity index (χ1n) is 8.14. The highest BCUT2D eigenvalue weighted by Gasteiger charge is 2.42. The lowest BCUT2D eigenvalue weighted by molar-refractivity contribution is -0.126. The van der Waals surface area contributed by atoms with Gasteiger partial charge in [-0.3, -0.25) is 9.59 Å². The fourth-order valence-corrected chi connectivity index (χ4v) is 3.29. The zero-order chi connectivity index (χ0) is 16.0. The first kappa shape index (κ1) is 16.5. The summed E-state index contributed by atoms with van der Waals surface area (Å²) in [6.07, 6.45) is 4.82. The summed E-state index contributed by atoms with van der Waals surface area (Å²) in [5.41, 5.74) is 1.98. The third kappa shape index (κ3) is 3.87. The maximum absolute atomic E-state index is 12.8. The Morgan fingerprint density at radius 3 is 2.45 bits per heavy atom. The van der Waals surface area contributed by atoms with Gasteiger partial charge in [-0.2, -0.15) is 0 Å².